The van der Waals surface area contributed by atoms with E-state index < -0.39 is 24.5 Å². The summed E-state index contributed by atoms with van der Waals surface area (Å²) in [5, 5.41) is 8.37. The number of carboxylic acid groups (broad SMARTS) is 1. The second-order valence-corrected chi connectivity index (χ2v) is 3.45. The van der Waals surface area contributed by atoms with Crippen molar-refractivity contribution >= 4 is 17.8 Å². The number of allylic oxidation sites excluding steroid dienone is 1. The zero-order chi connectivity index (χ0) is 14.5. The molecule has 0 aromatic heterocycles. The van der Waals surface area contributed by atoms with Crippen LogP contribution in [0.25, 0.3) is 6.08 Å². The number of ether oxygens (including phenoxy) is 1. The molecule has 0 saturated carbocycles. The summed E-state index contributed by atoms with van der Waals surface area (Å²) in [6.45, 7) is -0.512. The number of carbonyl (C=O) groups excluding carboxylic acids is 1. The van der Waals surface area contributed by atoms with Gasteiger partial charge in [0.15, 0.2) is 6.61 Å². The molecular formula is C12H9F3O4. The van der Waals surface area contributed by atoms with Crippen LogP contribution in [0.4, 0.5) is 13.2 Å². The molecule has 0 heterocycles. The number of carboxylic acids is 1. The normalized spacial score (nSPS) is 11.5. The van der Waals surface area contributed by atoms with Gasteiger partial charge in [-0.3, -0.25) is 4.79 Å². The summed E-state index contributed by atoms with van der Waals surface area (Å²) < 4.78 is 40.6. The van der Waals surface area contributed by atoms with Crippen LogP contribution in [0, 0.1) is 0 Å². The maximum atomic E-state index is 11.9. The van der Waals surface area contributed by atoms with Crippen molar-refractivity contribution in [3.8, 4) is 5.75 Å². The van der Waals surface area contributed by atoms with Crippen LogP contribution in [-0.4, -0.2) is 29.6 Å². The molecule has 0 radical (unpaired) electrons. The van der Waals surface area contributed by atoms with E-state index >= 15 is 0 Å². The Hall–Kier alpha value is -2.31. The largest absolute Gasteiger partial charge is 0.482 e. The Balaban J connectivity index is 2.64. The number of aliphatic carboxylic acids is 1. The van der Waals surface area contributed by atoms with Crippen LogP contribution in [-0.2, 0) is 9.59 Å². The molecule has 0 aliphatic rings. The van der Waals surface area contributed by atoms with Crippen LogP contribution in [0.3, 0.4) is 0 Å². The molecule has 0 unspecified atom stereocenters. The van der Waals surface area contributed by atoms with Gasteiger partial charge in [-0.15, -0.1) is 0 Å². The zero-order valence-electron chi connectivity index (χ0n) is 9.48. The Bertz CT molecular complexity index is 489. The van der Waals surface area contributed by atoms with Crippen LogP contribution in [0.2, 0.25) is 0 Å². The first-order valence-electron chi connectivity index (χ1n) is 5.03. The molecule has 0 spiro atoms. The maximum Gasteiger partial charge on any atom is 0.454 e. The van der Waals surface area contributed by atoms with Crippen molar-refractivity contribution in [2.24, 2.45) is 0 Å². The topological polar surface area (TPSA) is 63.6 Å². The second-order valence-electron chi connectivity index (χ2n) is 3.45. The van der Waals surface area contributed by atoms with Gasteiger partial charge in [0.2, 0.25) is 0 Å². The van der Waals surface area contributed by atoms with E-state index in [-0.39, 0.29) is 5.75 Å². The molecule has 1 aromatic carbocycles. The Kier molecular flexibility index (Phi) is 4.68. The minimum absolute atomic E-state index is 0.265. The lowest BCUT2D eigenvalue weighted by Crippen LogP contribution is -2.19. The highest BCUT2D eigenvalue weighted by Gasteiger charge is 2.35. The molecule has 0 bridgehead atoms. The summed E-state index contributed by atoms with van der Waals surface area (Å²) >= 11 is 0. The fraction of sp³-hybridized carbons (Fsp3) is 0.167. The smallest absolute Gasteiger partial charge is 0.454 e. The Morgan fingerprint density at radius 2 is 1.79 bits per heavy atom. The highest BCUT2D eigenvalue weighted by Crippen LogP contribution is 2.18. The minimum Gasteiger partial charge on any atom is -0.482 e. The molecule has 0 aliphatic heterocycles. The summed E-state index contributed by atoms with van der Waals surface area (Å²) in [7, 11) is 0. The van der Waals surface area contributed by atoms with Crippen molar-refractivity contribution in [1.82, 2.24) is 0 Å². The first-order valence-corrected chi connectivity index (χ1v) is 5.03. The molecule has 102 valence electrons. The van der Waals surface area contributed by atoms with Crippen molar-refractivity contribution in [3.05, 3.63) is 35.9 Å². The number of rotatable bonds is 5. The number of benzene rings is 1. The molecule has 19 heavy (non-hydrogen) atoms. The minimum atomic E-state index is -4.89. The predicted octanol–water partition coefficient (Wildman–Crippen LogP) is 2.29. The van der Waals surface area contributed by atoms with E-state index in [1.165, 1.54) is 24.3 Å². The number of alkyl halides is 3. The molecule has 0 fully saturated rings. The molecule has 1 aromatic rings. The second kappa shape index (κ2) is 6.03. The van der Waals surface area contributed by atoms with Gasteiger partial charge in [-0.25, -0.2) is 4.79 Å². The number of hydrogen-bond donors (Lipinski definition) is 1. The van der Waals surface area contributed by atoms with E-state index in [1.807, 2.05) is 0 Å². The average Bonchev–Trinajstić information content (AvgIpc) is 2.33. The van der Waals surface area contributed by atoms with Gasteiger partial charge in [0.05, 0.1) is 0 Å². The van der Waals surface area contributed by atoms with E-state index in [9.17, 15) is 22.8 Å². The van der Waals surface area contributed by atoms with Crippen molar-refractivity contribution in [2.45, 2.75) is 6.18 Å². The zero-order valence-corrected chi connectivity index (χ0v) is 9.48. The van der Waals surface area contributed by atoms with Gasteiger partial charge in [0.1, 0.15) is 5.75 Å². The lowest BCUT2D eigenvalue weighted by Gasteiger charge is -2.03. The molecule has 4 nitrogen and oxygen atoms in total. The summed E-state index contributed by atoms with van der Waals surface area (Å²) in [6.07, 6.45) is -3.45. The summed E-state index contributed by atoms with van der Waals surface area (Å²) in [5.41, 5.74) is 0.361. The number of hydrogen-bond acceptors (Lipinski definition) is 3. The third-order valence-corrected chi connectivity index (χ3v) is 1.95. The van der Waals surface area contributed by atoms with Crippen LogP contribution < -0.4 is 4.74 Å². The molecule has 1 N–H and O–H groups in total. The highest BCUT2D eigenvalue weighted by molar-refractivity contribution is 5.97. The lowest BCUT2D eigenvalue weighted by atomic mass is 10.2. The summed E-state index contributed by atoms with van der Waals surface area (Å²) in [4.78, 5) is 20.8. The Morgan fingerprint density at radius 3 is 2.26 bits per heavy atom. The standard InChI is InChI=1S/C12H9F3O4/c13-12(14,15)10(16)6-3-8-1-4-9(5-2-8)19-7-11(17)18/h1-6H,7H2,(H,17,18)/b6-3+. The van der Waals surface area contributed by atoms with Crippen LogP contribution in [0.15, 0.2) is 30.3 Å². The number of carbonyl (C=O) groups is 2. The number of halogens is 3. The molecule has 0 aliphatic carbocycles. The van der Waals surface area contributed by atoms with Gasteiger partial charge >= 0.3 is 12.1 Å². The average molecular weight is 274 g/mol. The fourth-order valence-electron chi connectivity index (χ4n) is 1.09. The first-order chi connectivity index (χ1) is 8.79. The van der Waals surface area contributed by atoms with Gasteiger partial charge < -0.3 is 9.84 Å². The molecule has 0 atom stereocenters. The van der Waals surface area contributed by atoms with Crippen molar-refractivity contribution in [1.29, 1.82) is 0 Å². The highest BCUT2D eigenvalue weighted by atomic mass is 19.4. The fourth-order valence-corrected chi connectivity index (χ4v) is 1.09. The quantitative estimate of drug-likeness (QED) is 0.837. The molecule has 7 heteroatoms. The molecule has 1 rings (SSSR count). The van der Waals surface area contributed by atoms with Crippen LogP contribution >= 0.6 is 0 Å². The predicted molar refractivity (Wildman–Crippen MR) is 59.7 cm³/mol. The molecule has 0 amide bonds. The maximum absolute atomic E-state index is 11.9. The van der Waals surface area contributed by atoms with E-state index in [2.05, 4.69) is 0 Å². The van der Waals surface area contributed by atoms with Gasteiger partial charge in [-0.2, -0.15) is 13.2 Å². The first kappa shape index (κ1) is 14.7. The van der Waals surface area contributed by atoms with E-state index in [0.717, 1.165) is 6.08 Å². The summed E-state index contributed by atoms with van der Waals surface area (Å²) in [6, 6.07) is 5.58. The Labute approximate surface area is 106 Å². The van der Waals surface area contributed by atoms with Gasteiger partial charge in [0.25, 0.3) is 5.78 Å². The van der Waals surface area contributed by atoms with E-state index in [0.29, 0.717) is 11.6 Å². The van der Waals surface area contributed by atoms with Gasteiger partial charge in [0, 0.05) is 0 Å². The third-order valence-electron chi connectivity index (χ3n) is 1.95. The van der Waals surface area contributed by atoms with Crippen LogP contribution in [0.1, 0.15) is 5.56 Å². The lowest BCUT2D eigenvalue weighted by molar-refractivity contribution is -0.165. The van der Waals surface area contributed by atoms with Gasteiger partial charge in [-0.1, -0.05) is 18.2 Å². The summed E-state index contributed by atoms with van der Waals surface area (Å²) in [5.74, 6) is -2.82. The molecular weight excluding hydrogens is 265 g/mol. The van der Waals surface area contributed by atoms with Crippen molar-refractivity contribution in [3.63, 3.8) is 0 Å². The number of ketones is 1. The van der Waals surface area contributed by atoms with Crippen molar-refractivity contribution < 1.29 is 32.6 Å². The van der Waals surface area contributed by atoms with Crippen molar-refractivity contribution in [2.75, 3.05) is 6.61 Å². The van der Waals surface area contributed by atoms with E-state index in [4.69, 9.17) is 9.84 Å². The Morgan fingerprint density at radius 1 is 1.21 bits per heavy atom. The van der Waals surface area contributed by atoms with E-state index in [1.54, 1.807) is 0 Å². The van der Waals surface area contributed by atoms with Crippen LogP contribution in [0.5, 0.6) is 5.75 Å². The monoisotopic (exact) mass is 274 g/mol. The third kappa shape index (κ3) is 5.24. The SMILES string of the molecule is O=C(O)COc1ccc(/C=C/C(=O)C(F)(F)F)cc1. The molecule has 0 saturated heterocycles. The van der Waals surface area contributed by atoms with Gasteiger partial charge in [-0.05, 0) is 23.8 Å².